The molecule has 1 amide bonds. The smallest absolute Gasteiger partial charge is 0.420 e. The summed E-state index contributed by atoms with van der Waals surface area (Å²) in [5.74, 6) is 0.609. The van der Waals surface area contributed by atoms with Gasteiger partial charge < -0.3 is 20.4 Å². The standard InChI is InChI=1S/C28H33Cl2N7O2S/c1-35-11-13-36(14-12-35)15-16-39-28(38)37(22-10-6-9-21(29)17-22)26-23(18-31)25(33-27(34-26)40-2)32-19-24(30)20-7-4-3-5-8-20/h3-10,17-18,24,31H,11-16,19H2,1-2H3,(H,32,33,34). The van der Waals surface area contributed by atoms with Crippen LogP contribution in [0.2, 0.25) is 5.02 Å². The zero-order chi connectivity index (χ0) is 28.5. The summed E-state index contributed by atoms with van der Waals surface area (Å²) in [6.07, 6.45) is 2.36. The van der Waals surface area contributed by atoms with Crippen molar-refractivity contribution in [2.45, 2.75) is 10.5 Å². The summed E-state index contributed by atoms with van der Waals surface area (Å²) in [5, 5.41) is 12.0. The van der Waals surface area contributed by atoms with Gasteiger partial charge in [-0.15, -0.1) is 11.6 Å². The Labute approximate surface area is 249 Å². The molecule has 0 bridgehead atoms. The summed E-state index contributed by atoms with van der Waals surface area (Å²) in [7, 11) is 2.10. The highest BCUT2D eigenvalue weighted by Gasteiger charge is 2.27. The van der Waals surface area contributed by atoms with Gasteiger partial charge in [0.1, 0.15) is 12.4 Å². The first-order valence-electron chi connectivity index (χ1n) is 12.9. The molecule has 0 aliphatic carbocycles. The Bertz CT molecular complexity index is 1290. The normalized spacial score (nSPS) is 14.9. The summed E-state index contributed by atoms with van der Waals surface area (Å²) in [4.78, 5) is 28.7. The van der Waals surface area contributed by atoms with Gasteiger partial charge in [0.2, 0.25) is 0 Å². The number of aromatic nitrogens is 2. The summed E-state index contributed by atoms with van der Waals surface area (Å²) >= 11 is 14.3. The third-order valence-electron chi connectivity index (χ3n) is 6.53. The minimum absolute atomic E-state index is 0.217. The second-order valence-electron chi connectivity index (χ2n) is 9.27. The van der Waals surface area contributed by atoms with Crippen molar-refractivity contribution in [3.8, 4) is 0 Å². The van der Waals surface area contributed by atoms with Crippen LogP contribution in [0.3, 0.4) is 0 Å². The van der Waals surface area contributed by atoms with Crippen LogP contribution in [0, 0.1) is 5.41 Å². The summed E-state index contributed by atoms with van der Waals surface area (Å²) < 4.78 is 5.76. The third kappa shape index (κ3) is 7.86. The molecule has 40 heavy (non-hydrogen) atoms. The molecule has 212 valence electrons. The highest BCUT2D eigenvalue weighted by Crippen LogP contribution is 2.33. The molecule has 0 saturated carbocycles. The number of benzene rings is 2. The fraction of sp³-hybridized carbons (Fsp3) is 0.357. The van der Waals surface area contributed by atoms with Gasteiger partial charge in [-0.1, -0.05) is 59.8 Å². The van der Waals surface area contributed by atoms with E-state index in [1.807, 2.05) is 36.6 Å². The fourth-order valence-corrected chi connectivity index (χ4v) is 5.03. The maximum Gasteiger partial charge on any atom is 0.420 e. The number of piperazine rings is 1. The Balaban J connectivity index is 1.62. The maximum atomic E-state index is 13.6. The van der Waals surface area contributed by atoms with Crippen LogP contribution < -0.4 is 10.2 Å². The van der Waals surface area contributed by atoms with Crippen LogP contribution in [0.15, 0.2) is 59.8 Å². The zero-order valence-corrected chi connectivity index (χ0v) is 24.8. The van der Waals surface area contributed by atoms with Gasteiger partial charge in [0, 0.05) is 50.5 Å². The quantitative estimate of drug-likeness (QED) is 0.124. The average molecular weight is 603 g/mol. The molecule has 1 fully saturated rings. The number of likely N-dealkylation sites (N-methyl/N-ethyl adjacent to an activating group) is 1. The van der Waals surface area contributed by atoms with Crippen LogP contribution in [0.1, 0.15) is 16.5 Å². The van der Waals surface area contributed by atoms with Gasteiger partial charge in [0.05, 0.1) is 16.6 Å². The Kier molecular flexibility index (Phi) is 11.0. The highest BCUT2D eigenvalue weighted by atomic mass is 35.5. The lowest BCUT2D eigenvalue weighted by molar-refractivity contribution is 0.108. The molecule has 12 heteroatoms. The molecule has 4 rings (SSSR count). The van der Waals surface area contributed by atoms with Crippen molar-refractivity contribution in [2.24, 2.45) is 0 Å². The van der Waals surface area contributed by atoms with E-state index in [9.17, 15) is 4.79 Å². The molecule has 1 saturated heterocycles. The molecular weight excluding hydrogens is 569 g/mol. The van der Waals surface area contributed by atoms with Crippen LogP contribution in [0.4, 0.5) is 22.1 Å². The van der Waals surface area contributed by atoms with Gasteiger partial charge in [0.25, 0.3) is 0 Å². The predicted octanol–water partition coefficient (Wildman–Crippen LogP) is 5.76. The van der Waals surface area contributed by atoms with E-state index in [0.29, 0.717) is 40.3 Å². The van der Waals surface area contributed by atoms with Crippen molar-refractivity contribution in [1.29, 1.82) is 5.41 Å². The van der Waals surface area contributed by atoms with Crippen molar-refractivity contribution in [3.05, 3.63) is 70.7 Å². The van der Waals surface area contributed by atoms with Crippen molar-refractivity contribution in [2.75, 3.05) is 69.4 Å². The molecule has 1 atom stereocenters. The van der Waals surface area contributed by atoms with Crippen LogP contribution in [0.5, 0.6) is 0 Å². The number of amides is 1. The molecule has 1 unspecified atom stereocenters. The minimum atomic E-state index is -0.615. The Morgan fingerprint density at radius 3 is 2.60 bits per heavy atom. The Morgan fingerprint density at radius 1 is 1.18 bits per heavy atom. The van der Waals surface area contributed by atoms with Gasteiger partial charge in [-0.2, -0.15) is 0 Å². The molecule has 3 aromatic rings. The van der Waals surface area contributed by atoms with E-state index in [-0.39, 0.29) is 17.8 Å². The van der Waals surface area contributed by atoms with E-state index < -0.39 is 6.09 Å². The van der Waals surface area contributed by atoms with Gasteiger partial charge in [-0.3, -0.25) is 4.90 Å². The lowest BCUT2D eigenvalue weighted by Crippen LogP contribution is -2.45. The molecule has 2 heterocycles. The Morgan fingerprint density at radius 2 is 1.93 bits per heavy atom. The largest absolute Gasteiger partial charge is 0.448 e. The van der Waals surface area contributed by atoms with E-state index in [1.165, 1.54) is 16.7 Å². The van der Waals surface area contributed by atoms with E-state index in [0.717, 1.165) is 38.0 Å². The third-order valence-corrected chi connectivity index (χ3v) is 7.72. The number of alkyl halides is 1. The van der Waals surface area contributed by atoms with Crippen LogP contribution in [-0.2, 0) is 4.74 Å². The number of nitrogens with one attached hydrogen (secondary N) is 2. The van der Waals surface area contributed by atoms with E-state index >= 15 is 0 Å². The highest BCUT2D eigenvalue weighted by molar-refractivity contribution is 7.98. The zero-order valence-electron chi connectivity index (χ0n) is 22.5. The number of carbonyl (C=O) groups is 1. The molecule has 0 radical (unpaired) electrons. The van der Waals surface area contributed by atoms with E-state index in [2.05, 4.69) is 32.1 Å². The maximum absolute atomic E-state index is 13.6. The molecular formula is C28H33Cl2N7O2S. The molecule has 9 nitrogen and oxygen atoms in total. The summed E-state index contributed by atoms with van der Waals surface area (Å²) in [6, 6.07) is 16.6. The van der Waals surface area contributed by atoms with Gasteiger partial charge in [-0.05, 0) is 37.1 Å². The van der Waals surface area contributed by atoms with Crippen molar-refractivity contribution < 1.29 is 9.53 Å². The monoisotopic (exact) mass is 601 g/mol. The number of carbonyl (C=O) groups excluding carboxylic acids is 1. The average Bonchev–Trinajstić information content (AvgIpc) is 2.97. The molecule has 2 N–H and O–H groups in total. The number of nitrogens with zero attached hydrogens (tertiary/aromatic N) is 5. The first-order chi connectivity index (χ1) is 19.4. The predicted molar refractivity (Wildman–Crippen MR) is 164 cm³/mol. The lowest BCUT2D eigenvalue weighted by Gasteiger charge is -2.32. The first-order valence-corrected chi connectivity index (χ1v) is 15.0. The van der Waals surface area contributed by atoms with Gasteiger partial charge in [-0.25, -0.2) is 19.7 Å². The topological polar surface area (TPSA) is 97.7 Å². The first kappa shape index (κ1) is 30.1. The molecule has 1 aromatic heterocycles. The van der Waals surface area contributed by atoms with Crippen LogP contribution >= 0.6 is 35.0 Å². The number of ether oxygens (including phenoxy) is 1. The number of hydrogen-bond donors (Lipinski definition) is 2. The summed E-state index contributed by atoms with van der Waals surface area (Å²) in [6.45, 7) is 5.00. The second kappa shape index (κ2) is 14.7. The number of halogens is 2. The Hall–Kier alpha value is -2.89. The molecule has 0 spiro atoms. The molecule has 1 aliphatic rings. The SMILES string of the molecule is CSc1nc(NCC(Cl)c2ccccc2)c(C=N)c(N(C(=O)OCCN2CCN(C)CC2)c2cccc(Cl)c2)n1. The van der Waals surface area contributed by atoms with Crippen LogP contribution in [0.25, 0.3) is 0 Å². The van der Waals surface area contributed by atoms with Crippen molar-refractivity contribution >= 4 is 64.6 Å². The van der Waals surface area contributed by atoms with E-state index in [4.69, 9.17) is 33.3 Å². The van der Waals surface area contributed by atoms with Crippen LogP contribution in [-0.4, -0.2) is 91.3 Å². The number of rotatable bonds is 11. The molecule has 2 aromatic carbocycles. The number of hydrogen-bond acceptors (Lipinski definition) is 9. The van der Waals surface area contributed by atoms with Crippen molar-refractivity contribution in [3.63, 3.8) is 0 Å². The van der Waals surface area contributed by atoms with Crippen molar-refractivity contribution in [1.82, 2.24) is 19.8 Å². The minimum Gasteiger partial charge on any atom is -0.448 e. The number of anilines is 3. The van der Waals surface area contributed by atoms with E-state index in [1.54, 1.807) is 24.3 Å². The lowest BCUT2D eigenvalue weighted by atomic mass is 10.1. The fourth-order valence-electron chi connectivity index (χ4n) is 4.26. The van der Waals surface area contributed by atoms with Gasteiger partial charge >= 0.3 is 6.09 Å². The molecule has 1 aliphatic heterocycles. The second-order valence-corrected chi connectivity index (χ2v) is 11.0. The summed E-state index contributed by atoms with van der Waals surface area (Å²) in [5.41, 5.74) is 1.75. The van der Waals surface area contributed by atoms with Gasteiger partial charge in [0.15, 0.2) is 11.0 Å². The number of thioether (sulfide) groups is 1.